The Balaban J connectivity index is 3.57. The molecule has 0 saturated heterocycles. The molecule has 0 unspecified atom stereocenters. The summed E-state index contributed by atoms with van der Waals surface area (Å²) >= 11 is 0. The van der Waals surface area contributed by atoms with E-state index >= 15 is 0 Å². The zero-order chi connectivity index (χ0) is 26.7. The van der Waals surface area contributed by atoms with Crippen LogP contribution in [0.25, 0.3) is 0 Å². The first-order valence-electron chi connectivity index (χ1n) is 7.71. The molecule has 1 aromatic carbocycles. The minimum absolute atomic E-state index is 0.336. The second-order valence-corrected chi connectivity index (χ2v) is 6.49. The lowest BCUT2D eigenvalue weighted by molar-refractivity contribution is -0.461. The molecule has 0 bridgehead atoms. The predicted molar refractivity (Wildman–Crippen MR) is 72.5 cm³/mol. The molecule has 1 N–H and O–H groups in total. The van der Waals surface area contributed by atoms with Crippen LogP contribution >= 0.6 is 0 Å². The molecule has 0 atom stereocenters. The Morgan fingerprint density at radius 2 is 0.758 bits per heavy atom. The number of phenols is 1. The van der Waals surface area contributed by atoms with Gasteiger partial charge in [-0.3, -0.25) is 0 Å². The van der Waals surface area contributed by atoms with Gasteiger partial charge in [-0.05, 0) is 17.7 Å². The third kappa shape index (κ3) is 4.02. The summed E-state index contributed by atoms with van der Waals surface area (Å²) in [6.07, 6.45) is -10.5. The molecule has 1 aromatic rings. The first kappa shape index (κ1) is 28.9. The van der Waals surface area contributed by atoms with Crippen LogP contribution in [0.15, 0.2) is 24.3 Å². The number of benzene rings is 1. The average molecular weight is 526 g/mol. The molecular weight excluding hydrogens is 519 g/mol. The van der Waals surface area contributed by atoms with Gasteiger partial charge in [0.1, 0.15) is 5.75 Å². The van der Waals surface area contributed by atoms with Gasteiger partial charge < -0.3 is 5.11 Å². The van der Waals surface area contributed by atoms with Crippen LogP contribution in [0.3, 0.4) is 0 Å². The largest absolute Gasteiger partial charge is 0.508 e. The monoisotopic (exact) mass is 526 g/mol. The second-order valence-electron chi connectivity index (χ2n) is 6.49. The van der Waals surface area contributed by atoms with E-state index in [2.05, 4.69) is 0 Å². The smallest absolute Gasteiger partial charge is 0.460 e. The van der Waals surface area contributed by atoms with E-state index in [4.69, 9.17) is 5.11 Å². The van der Waals surface area contributed by atoms with Crippen molar-refractivity contribution >= 4 is 0 Å². The van der Waals surface area contributed by atoms with Crippen LogP contribution in [0.4, 0.5) is 74.6 Å². The van der Waals surface area contributed by atoms with Crippen LogP contribution in [0, 0.1) is 0 Å². The van der Waals surface area contributed by atoms with E-state index in [1.807, 2.05) is 0 Å². The van der Waals surface area contributed by atoms with Crippen molar-refractivity contribution in [3.8, 4) is 5.75 Å². The van der Waals surface area contributed by atoms with Gasteiger partial charge in [-0.2, -0.15) is 74.6 Å². The Labute approximate surface area is 170 Å². The van der Waals surface area contributed by atoms with Gasteiger partial charge in [0.2, 0.25) is 0 Å². The molecule has 192 valence electrons. The van der Waals surface area contributed by atoms with Crippen LogP contribution in [0.2, 0.25) is 0 Å². The highest BCUT2D eigenvalue weighted by molar-refractivity contribution is 5.27. The fraction of sp³-hybridized carbons (Fsp3) is 0.600. The van der Waals surface area contributed by atoms with Gasteiger partial charge in [-0.25, -0.2) is 0 Å². The van der Waals surface area contributed by atoms with Gasteiger partial charge in [0.05, 0.1) is 0 Å². The second kappa shape index (κ2) is 7.68. The molecule has 0 fully saturated rings. The Morgan fingerprint density at radius 1 is 0.455 bits per heavy atom. The van der Waals surface area contributed by atoms with Crippen LogP contribution in [0.1, 0.15) is 5.56 Å². The van der Waals surface area contributed by atoms with Gasteiger partial charge in [-0.1, -0.05) is 12.1 Å². The number of rotatable bonds is 8. The highest BCUT2D eigenvalue weighted by atomic mass is 19.4. The Bertz CT molecular complexity index is 837. The summed E-state index contributed by atoms with van der Waals surface area (Å²) in [5.41, 5.74) is -1.13. The summed E-state index contributed by atoms with van der Waals surface area (Å²) in [6.45, 7) is 0. The van der Waals surface area contributed by atoms with Gasteiger partial charge in [0.15, 0.2) is 0 Å². The van der Waals surface area contributed by atoms with Crippen molar-refractivity contribution < 1.29 is 79.7 Å². The lowest BCUT2D eigenvalue weighted by Gasteiger charge is -2.42. The van der Waals surface area contributed by atoms with Crippen LogP contribution in [-0.2, 0) is 6.42 Å². The van der Waals surface area contributed by atoms with Crippen LogP contribution < -0.4 is 0 Å². The quantitative estimate of drug-likeness (QED) is 0.364. The number of hydrogen-bond acceptors (Lipinski definition) is 1. The summed E-state index contributed by atoms with van der Waals surface area (Å²) in [4.78, 5) is 0. The van der Waals surface area contributed by atoms with E-state index < -0.39 is 65.4 Å². The van der Waals surface area contributed by atoms with Gasteiger partial charge in [0.25, 0.3) is 0 Å². The number of halogens is 17. The van der Waals surface area contributed by atoms with E-state index in [9.17, 15) is 74.6 Å². The van der Waals surface area contributed by atoms with Crippen molar-refractivity contribution in [2.24, 2.45) is 0 Å². The summed E-state index contributed by atoms with van der Waals surface area (Å²) in [5.74, 6) is -57.1. The van der Waals surface area contributed by atoms with Crippen molar-refractivity contribution in [3.63, 3.8) is 0 Å². The van der Waals surface area contributed by atoms with Crippen molar-refractivity contribution in [3.05, 3.63) is 29.8 Å². The molecular formula is C15H7F17O. The van der Waals surface area contributed by atoms with Crippen molar-refractivity contribution in [1.82, 2.24) is 0 Å². The lowest BCUT2D eigenvalue weighted by Crippen LogP contribution is -2.74. The van der Waals surface area contributed by atoms with Gasteiger partial charge in [0, 0.05) is 6.42 Å². The lowest BCUT2D eigenvalue weighted by atomic mass is 9.87. The minimum atomic E-state index is -8.64. The first-order valence-corrected chi connectivity index (χ1v) is 7.71. The molecule has 0 spiro atoms. The normalized spacial score (nSPS) is 15.7. The average Bonchev–Trinajstić information content (AvgIpc) is 2.61. The van der Waals surface area contributed by atoms with E-state index in [0.717, 1.165) is 0 Å². The number of phenolic OH excluding ortho intramolecular Hbond substituents is 1. The fourth-order valence-electron chi connectivity index (χ4n) is 2.18. The van der Waals surface area contributed by atoms with Gasteiger partial charge >= 0.3 is 47.6 Å². The number of alkyl halides is 17. The van der Waals surface area contributed by atoms with E-state index in [0.29, 0.717) is 24.3 Å². The Kier molecular flexibility index (Phi) is 6.71. The van der Waals surface area contributed by atoms with E-state index in [1.165, 1.54) is 0 Å². The molecule has 18 heteroatoms. The number of hydrogen-bond donors (Lipinski definition) is 1. The highest BCUT2D eigenvalue weighted by Crippen LogP contribution is 2.64. The van der Waals surface area contributed by atoms with Crippen molar-refractivity contribution in [2.75, 3.05) is 0 Å². The summed E-state index contributed by atoms with van der Waals surface area (Å²) < 4.78 is 223. The molecule has 0 aliphatic carbocycles. The summed E-state index contributed by atoms with van der Waals surface area (Å²) in [7, 11) is 0. The van der Waals surface area contributed by atoms with Crippen LogP contribution in [0.5, 0.6) is 5.75 Å². The summed E-state index contributed by atoms with van der Waals surface area (Å²) in [5, 5.41) is 8.89. The fourth-order valence-corrected chi connectivity index (χ4v) is 2.18. The number of aromatic hydroxyl groups is 1. The molecule has 1 nitrogen and oxygen atoms in total. The maximum absolute atomic E-state index is 13.7. The molecule has 0 aliphatic rings. The maximum atomic E-state index is 13.7. The third-order valence-corrected chi connectivity index (χ3v) is 4.15. The third-order valence-electron chi connectivity index (χ3n) is 4.15. The Morgan fingerprint density at radius 3 is 1.09 bits per heavy atom. The van der Waals surface area contributed by atoms with E-state index in [-0.39, 0.29) is 0 Å². The van der Waals surface area contributed by atoms with Gasteiger partial charge in [-0.15, -0.1) is 0 Å². The molecule has 0 radical (unpaired) electrons. The molecule has 0 aromatic heterocycles. The summed E-state index contributed by atoms with van der Waals surface area (Å²) in [6, 6.07) is 1.65. The SMILES string of the molecule is Oc1ccc(CC(F)(F)C(F)(F)C(F)(F)C(F)(F)C(F)(F)C(F)(F)C(F)(F)C(F)(F)F)cc1. The zero-order valence-corrected chi connectivity index (χ0v) is 14.9. The van der Waals surface area contributed by atoms with Crippen molar-refractivity contribution in [2.45, 2.75) is 54.1 Å². The molecule has 1 rings (SSSR count). The molecule has 33 heavy (non-hydrogen) atoms. The Hall–Kier alpha value is -2.17. The minimum Gasteiger partial charge on any atom is -0.508 e. The highest BCUT2D eigenvalue weighted by Gasteiger charge is 2.95. The van der Waals surface area contributed by atoms with Crippen molar-refractivity contribution in [1.29, 1.82) is 0 Å². The molecule has 0 amide bonds. The zero-order valence-electron chi connectivity index (χ0n) is 14.9. The molecule has 0 saturated carbocycles. The van der Waals surface area contributed by atoms with Crippen LogP contribution in [-0.4, -0.2) is 52.7 Å². The van der Waals surface area contributed by atoms with E-state index in [1.54, 1.807) is 0 Å². The molecule has 0 aliphatic heterocycles. The molecule has 0 heterocycles. The first-order chi connectivity index (χ1) is 14.2. The standard InChI is InChI=1S/C15H7F17O/c16-8(17,5-6-1-3-7(33)4-2-6)9(18,19)10(20,21)11(22,23)12(24,25)13(26,27)14(28,29)15(30,31)32/h1-4,33H,5H2. The predicted octanol–water partition coefficient (Wildman–Crippen LogP) is 6.94. The maximum Gasteiger partial charge on any atom is 0.460 e. The topological polar surface area (TPSA) is 20.2 Å².